The Labute approximate surface area is 168 Å². The lowest BCUT2D eigenvalue weighted by Crippen LogP contribution is -2.44. The molecule has 2 N–H and O–H groups in total. The number of rotatable bonds is 7. The topological polar surface area (TPSA) is 45.8 Å². The van der Waals surface area contributed by atoms with E-state index in [-0.39, 0.29) is 11.8 Å². The van der Waals surface area contributed by atoms with Gasteiger partial charge in [-0.15, -0.1) is 0 Å². The highest BCUT2D eigenvalue weighted by Crippen LogP contribution is 2.19. The van der Waals surface area contributed by atoms with Crippen molar-refractivity contribution in [2.24, 2.45) is 0 Å². The van der Waals surface area contributed by atoms with Gasteiger partial charge in [-0.2, -0.15) is 8.78 Å². The van der Waals surface area contributed by atoms with E-state index in [0.29, 0.717) is 10.8 Å². The van der Waals surface area contributed by atoms with Crippen LogP contribution in [0.25, 0.3) is 0 Å². The SMILES string of the molecule is FC(F)Oc1ccc(NC(=S)N[C@H](CN2CCOCC2)c2ccccc2)cc1. The minimum Gasteiger partial charge on any atom is -0.435 e. The lowest BCUT2D eigenvalue weighted by Gasteiger charge is -2.31. The van der Waals surface area contributed by atoms with Gasteiger partial charge in [-0.05, 0) is 42.0 Å². The second-order valence-corrected chi connectivity index (χ2v) is 6.79. The van der Waals surface area contributed by atoms with E-state index in [1.165, 1.54) is 12.1 Å². The summed E-state index contributed by atoms with van der Waals surface area (Å²) in [6.45, 7) is 1.20. The van der Waals surface area contributed by atoms with Crippen molar-refractivity contribution in [1.82, 2.24) is 10.2 Å². The molecule has 1 saturated heterocycles. The number of nitrogens with zero attached hydrogens (tertiary/aromatic N) is 1. The molecule has 1 fully saturated rings. The van der Waals surface area contributed by atoms with Crippen LogP contribution in [0.3, 0.4) is 0 Å². The Hall–Kier alpha value is -2.29. The third kappa shape index (κ3) is 6.40. The van der Waals surface area contributed by atoms with E-state index in [9.17, 15) is 8.78 Å². The molecular weight excluding hydrogens is 384 g/mol. The first-order valence-corrected chi connectivity index (χ1v) is 9.48. The number of hydrogen-bond acceptors (Lipinski definition) is 4. The zero-order valence-electron chi connectivity index (χ0n) is 15.3. The quantitative estimate of drug-likeness (QED) is 0.684. The maximum absolute atomic E-state index is 12.2. The van der Waals surface area contributed by atoms with Crippen LogP contribution in [-0.4, -0.2) is 49.5 Å². The van der Waals surface area contributed by atoms with Crippen LogP contribution in [0.5, 0.6) is 5.75 Å². The second-order valence-electron chi connectivity index (χ2n) is 6.38. The van der Waals surface area contributed by atoms with Crippen molar-refractivity contribution in [1.29, 1.82) is 0 Å². The van der Waals surface area contributed by atoms with Crippen molar-refractivity contribution in [3.05, 3.63) is 60.2 Å². The number of halogens is 2. The van der Waals surface area contributed by atoms with Gasteiger partial charge in [0.25, 0.3) is 0 Å². The van der Waals surface area contributed by atoms with Gasteiger partial charge in [0.2, 0.25) is 0 Å². The molecule has 3 rings (SSSR count). The molecule has 0 spiro atoms. The molecule has 1 aliphatic rings. The zero-order valence-corrected chi connectivity index (χ0v) is 16.1. The molecule has 150 valence electrons. The fraction of sp³-hybridized carbons (Fsp3) is 0.350. The average molecular weight is 407 g/mol. The van der Waals surface area contributed by atoms with E-state index < -0.39 is 6.61 Å². The lowest BCUT2D eigenvalue weighted by molar-refractivity contribution is -0.0498. The Morgan fingerprint density at radius 3 is 2.39 bits per heavy atom. The number of benzene rings is 2. The average Bonchev–Trinajstić information content (AvgIpc) is 2.70. The van der Waals surface area contributed by atoms with Gasteiger partial charge in [0.1, 0.15) is 5.75 Å². The van der Waals surface area contributed by atoms with Crippen LogP contribution >= 0.6 is 12.2 Å². The van der Waals surface area contributed by atoms with Crippen molar-refractivity contribution < 1.29 is 18.3 Å². The number of thiocarbonyl (C=S) groups is 1. The molecule has 1 atom stereocenters. The largest absolute Gasteiger partial charge is 0.435 e. The van der Waals surface area contributed by atoms with Gasteiger partial charge in [0.15, 0.2) is 5.11 Å². The van der Waals surface area contributed by atoms with Gasteiger partial charge in [0, 0.05) is 25.3 Å². The van der Waals surface area contributed by atoms with Crippen LogP contribution in [0.1, 0.15) is 11.6 Å². The van der Waals surface area contributed by atoms with Crippen LogP contribution in [0.4, 0.5) is 14.5 Å². The molecule has 0 saturated carbocycles. The molecule has 1 heterocycles. The molecule has 28 heavy (non-hydrogen) atoms. The van der Waals surface area contributed by atoms with Crippen LogP contribution < -0.4 is 15.4 Å². The van der Waals surface area contributed by atoms with Gasteiger partial charge in [-0.25, -0.2) is 0 Å². The Kier molecular flexibility index (Phi) is 7.53. The Morgan fingerprint density at radius 1 is 1.07 bits per heavy atom. The van der Waals surface area contributed by atoms with E-state index in [1.54, 1.807) is 12.1 Å². The molecule has 5 nitrogen and oxygen atoms in total. The smallest absolute Gasteiger partial charge is 0.387 e. The molecule has 2 aromatic carbocycles. The summed E-state index contributed by atoms with van der Waals surface area (Å²) in [7, 11) is 0. The van der Waals surface area contributed by atoms with E-state index in [4.69, 9.17) is 17.0 Å². The van der Waals surface area contributed by atoms with Crippen LogP contribution in [-0.2, 0) is 4.74 Å². The van der Waals surface area contributed by atoms with E-state index in [0.717, 1.165) is 38.4 Å². The van der Waals surface area contributed by atoms with E-state index in [1.807, 2.05) is 18.2 Å². The van der Waals surface area contributed by atoms with Gasteiger partial charge in [-0.3, -0.25) is 4.90 Å². The Morgan fingerprint density at radius 2 is 1.75 bits per heavy atom. The summed E-state index contributed by atoms with van der Waals surface area (Å²) in [6.07, 6.45) is 0. The summed E-state index contributed by atoms with van der Waals surface area (Å²) in [4.78, 5) is 2.34. The minimum absolute atomic E-state index is 0.0146. The first-order valence-electron chi connectivity index (χ1n) is 9.07. The number of nitrogens with one attached hydrogen (secondary N) is 2. The molecule has 0 radical (unpaired) electrons. The Balaban J connectivity index is 1.61. The Bertz CT molecular complexity index is 741. The minimum atomic E-state index is -2.84. The number of ether oxygens (including phenoxy) is 2. The third-order valence-electron chi connectivity index (χ3n) is 4.39. The van der Waals surface area contributed by atoms with Gasteiger partial charge >= 0.3 is 6.61 Å². The van der Waals surface area contributed by atoms with Crippen molar-refractivity contribution in [3.63, 3.8) is 0 Å². The van der Waals surface area contributed by atoms with Crippen molar-refractivity contribution in [3.8, 4) is 5.75 Å². The van der Waals surface area contributed by atoms with Crippen molar-refractivity contribution >= 4 is 23.0 Å². The molecule has 0 bridgehead atoms. The highest BCUT2D eigenvalue weighted by Gasteiger charge is 2.19. The molecule has 2 aromatic rings. The number of morpholine rings is 1. The summed E-state index contributed by atoms with van der Waals surface area (Å²) in [5, 5.41) is 6.92. The van der Waals surface area contributed by atoms with Crippen molar-refractivity contribution in [2.75, 3.05) is 38.2 Å². The van der Waals surface area contributed by atoms with E-state index in [2.05, 4.69) is 32.4 Å². The third-order valence-corrected chi connectivity index (χ3v) is 4.61. The molecule has 0 unspecified atom stereocenters. The van der Waals surface area contributed by atoms with E-state index >= 15 is 0 Å². The fourth-order valence-corrected chi connectivity index (χ4v) is 3.27. The van der Waals surface area contributed by atoms with Gasteiger partial charge in [0.05, 0.1) is 19.3 Å². The molecule has 0 aromatic heterocycles. The molecule has 0 aliphatic carbocycles. The maximum atomic E-state index is 12.2. The highest BCUT2D eigenvalue weighted by molar-refractivity contribution is 7.80. The predicted octanol–water partition coefficient (Wildman–Crippen LogP) is 3.65. The summed E-state index contributed by atoms with van der Waals surface area (Å²) in [5.74, 6) is 0.105. The van der Waals surface area contributed by atoms with Gasteiger partial charge < -0.3 is 20.1 Å². The normalized spacial score (nSPS) is 15.8. The fourth-order valence-electron chi connectivity index (χ4n) is 3.01. The molecule has 1 aliphatic heterocycles. The van der Waals surface area contributed by atoms with Crippen molar-refractivity contribution in [2.45, 2.75) is 12.7 Å². The second kappa shape index (κ2) is 10.3. The van der Waals surface area contributed by atoms with Gasteiger partial charge in [-0.1, -0.05) is 30.3 Å². The lowest BCUT2D eigenvalue weighted by atomic mass is 10.1. The maximum Gasteiger partial charge on any atom is 0.387 e. The molecular formula is C20H23F2N3O2S. The monoisotopic (exact) mass is 407 g/mol. The number of alkyl halides is 2. The summed E-state index contributed by atoms with van der Waals surface area (Å²) < 4.78 is 34.3. The summed E-state index contributed by atoms with van der Waals surface area (Å²) in [5.41, 5.74) is 1.83. The highest BCUT2D eigenvalue weighted by atomic mass is 32.1. The van der Waals surface area contributed by atoms with Crippen LogP contribution in [0, 0.1) is 0 Å². The summed E-state index contributed by atoms with van der Waals surface area (Å²) >= 11 is 5.47. The predicted molar refractivity (Wildman–Crippen MR) is 109 cm³/mol. The number of hydrogen-bond donors (Lipinski definition) is 2. The molecule has 8 heteroatoms. The first kappa shape index (κ1) is 20.4. The zero-order chi connectivity index (χ0) is 19.8. The number of anilines is 1. The first-order chi connectivity index (χ1) is 13.6. The summed E-state index contributed by atoms with van der Waals surface area (Å²) in [6, 6.07) is 16.4. The standard InChI is InChI=1S/C20H23F2N3O2S/c21-19(22)27-17-8-6-16(7-9-17)23-20(28)24-18(15-4-2-1-3-5-15)14-25-10-12-26-13-11-25/h1-9,18-19H,10-14H2,(H2,23,24,28)/t18-/m1/s1. The van der Waals surface area contributed by atoms with Crippen LogP contribution in [0.2, 0.25) is 0 Å². The molecule has 0 amide bonds. The van der Waals surface area contributed by atoms with Crippen LogP contribution in [0.15, 0.2) is 54.6 Å².